The van der Waals surface area contributed by atoms with E-state index in [-0.39, 0.29) is 19.8 Å². The van der Waals surface area contributed by atoms with Gasteiger partial charge < -0.3 is 18.9 Å². The molecule has 0 amide bonds. The molecule has 0 unspecified atom stereocenters. The van der Waals surface area contributed by atoms with Gasteiger partial charge in [0.25, 0.3) is 0 Å². The molecule has 2 aromatic rings. The van der Waals surface area contributed by atoms with Gasteiger partial charge in [-0.1, -0.05) is 60.7 Å². The lowest BCUT2D eigenvalue weighted by molar-refractivity contribution is -0.314. The Morgan fingerprint density at radius 3 is 2.03 bits per heavy atom. The highest BCUT2D eigenvalue weighted by atomic mass is 32.3. The Kier molecular flexibility index (Phi) is 6.79. The largest absolute Gasteiger partial charge is 0.400 e. The first kappa shape index (κ1) is 21.4. The van der Waals surface area contributed by atoms with Crippen molar-refractivity contribution in [2.75, 3.05) is 13.7 Å². The molecule has 30 heavy (non-hydrogen) atoms. The number of fused-ring (bicyclic) bond motifs is 1. The Labute approximate surface area is 175 Å². The fourth-order valence-corrected chi connectivity index (χ4v) is 4.39. The van der Waals surface area contributed by atoms with E-state index in [4.69, 9.17) is 27.3 Å². The summed E-state index contributed by atoms with van der Waals surface area (Å²) in [5.74, 6) is 0. The van der Waals surface area contributed by atoms with E-state index in [0.29, 0.717) is 0 Å². The quantitative estimate of drug-likeness (QED) is 0.653. The molecule has 0 N–H and O–H groups in total. The molecule has 8 nitrogen and oxygen atoms in total. The van der Waals surface area contributed by atoms with Crippen LogP contribution in [0.15, 0.2) is 60.7 Å². The average molecular weight is 436 g/mol. The van der Waals surface area contributed by atoms with Crippen LogP contribution in [-0.4, -0.2) is 52.8 Å². The lowest BCUT2D eigenvalue weighted by Crippen LogP contribution is -2.63. The molecule has 0 spiro atoms. The highest BCUT2D eigenvalue weighted by molar-refractivity contribution is 7.81. The number of hydrogen-bond acceptors (Lipinski definition) is 8. The van der Waals surface area contributed by atoms with Crippen LogP contribution in [-0.2, 0) is 50.9 Å². The summed E-state index contributed by atoms with van der Waals surface area (Å²) in [4.78, 5) is 0. The predicted octanol–water partition coefficient (Wildman–Crippen LogP) is 2.19. The van der Waals surface area contributed by atoms with E-state index in [1.165, 1.54) is 7.11 Å². The molecule has 0 bridgehead atoms. The van der Waals surface area contributed by atoms with Gasteiger partial charge in [0, 0.05) is 7.11 Å². The summed E-state index contributed by atoms with van der Waals surface area (Å²) in [5, 5.41) is 0. The van der Waals surface area contributed by atoms with Gasteiger partial charge in [-0.05, 0) is 11.1 Å². The van der Waals surface area contributed by atoms with Gasteiger partial charge in [-0.15, -0.1) is 0 Å². The van der Waals surface area contributed by atoms with Crippen LogP contribution in [0.3, 0.4) is 0 Å². The van der Waals surface area contributed by atoms with Gasteiger partial charge in [-0.3, -0.25) is 0 Å². The number of hydrogen-bond donors (Lipinski definition) is 0. The molecule has 0 radical (unpaired) electrons. The molecule has 2 saturated heterocycles. The molecular formula is C21H24O8S. The van der Waals surface area contributed by atoms with Crippen LogP contribution in [0.4, 0.5) is 0 Å². The standard InChI is InChI=1S/C21H24O8S/c1-24-21-20(26-13-16-10-6-3-7-11-16)19(25-12-15-8-4-2-5-9-15)18-17(28-21)14-27-30(22,23)29-18/h2-11,17-21H,12-14H2,1H3/t17-,18+,19+,20-,21+/m1/s1. The summed E-state index contributed by atoms with van der Waals surface area (Å²) >= 11 is 0. The van der Waals surface area contributed by atoms with Crippen LogP contribution >= 0.6 is 0 Å². The maximum absolute atomic E-state index is 11.9. The maximum atomic E-state index is 11.9. The van der Waals surface area contributed by atoms with Crippen LogP contribution in [0.25, 0.3) is 0 Å². The minimum atomic E-state index is -4.14. The van der Waals surface area contributed by atoms with Gasteiger partial charge >= 0.3 is 10.4 Å². The summed E-state index contributed by atoms with van der Waals surface area (Å²) in [6, 6.07) is 19.2. The molecule has 162 valence electrons. The normalized spacial score (nSPS) is 30.5. The second-order valence-corrected chi connectivity index (χ2v) is 8.30. The smallest absolute Gasteiger partial charge is 0.368 e. The van der Waals surface area contributed by atoms with Crippen molar-refractivity contribution in [1.29, 1.82) is 0 Å². The van der Waals surface area contributed by atoms with Gasteiger partial charge in [-0.25, -0.2) is 8.37 Å². The van der Waals surface area contributed by atoms with Crippen molar-refractivity contribution in [3.63, 3.8) is 0 Å². The topological polar surface area (TPSA) is 89.5 Å². The lowest BCUT2D eigenvalue weighted by Gasteiger charge is -2.46. The van der Waals surface area contributed by atoms with Gasteiger partial charge in [0.2, 0.25) is 0 Å². The zero-order valence-electron chi connectivity index (χ0n) is 16.5. The van der Waals surface area contributed by atoms with E-state index < -0.39 is 41.1 Å². The van der Waals surface area contributed by atoms with Gasteiger partial charge in [0.05, 0.1) is 19.8 Å². The van der Waals surface area contributed by atoms with Crippen molar-refractivity contribution in [1.82, 2.24) is 0 Å². The predicted molar refractivity (Wildman–Crippen MR) is 105 cm³/mol. The maximum Gasteiger partial charge on any atom is 0.400 e. The molecule has 2 aromatic carbocycles. The van der Waals surface area contributed by atoms with Gasteiger partial charge in [0.15, 0.2) is 6.29 Å². The van der Waals surface area contributed by atoms with E-state index in [1.807, 2.05) is 60.7 Å². The first-order chi connectivity index (χ1) is 14.6. The lowest BCUT2D eigenvalue weighted by atomic mass is 9.98. The Morgan fingerprint density at radius 2 is 1.47 bits per heavy atom. The molecule has 2 fully saturated rings. The fraction of sp³-hybridized carbons (Fsp3) is 0.429. The van der Waals surface area contributed by atoms with E-state index in [9.17, 15) is 8.42 Å². The average Bonchev–Trinajstić information content (AvgIpc) is 2.77. The van der Waals surface area contributed by atoms with E-state index in [2.05, 4.69) is 0 Å². The number of benzene rings is 2. The second kappa shape index (κ2) is 9.52. The van der Waals surface area contributed by atoms with Crippen LogP contribution in [0, 0.1) is 0 Å². The number of methoxy groups -OCH3 is 1. The molecule has 0 aliphatic carbocycles. The third kappa shape index (κ3) is 5.06. The molecule has 2 aliphatic heterocycles. The number of rotatable bonds is 7. The minimum absolute atomic E-state index is 0.177. The molecule has 4 rings (SSSR count). The van der Waals surface area contributed by atoms with Crippen molar-refractivity contribution >= 4 is 10.4 Å². The SMILES string of the molecule is CO[C@H]1O[C@@H]2COS(=O)(=O)O[C@@H]2[C@H](OCc2ccccc2)[C@H]1OCc1ccccc1. The zero-order chi connectivity index (χ0) is 21.0. The summed E-state index contributed by atoms with van der Waals surface area (Å²) in [6.45, 7) is 0.352. The van der Waals surface area contributed by atoms with Crippen molar-refractivity contribution < 1.29 is 35.7 Å². The summed E-state index contributed by atoms with van der Waals surface area (Å²) in [6.07, 6.45) is -3.83. The Morgan fingerprint density at radius 1 is 0.900 bits per heavy atom. The van der Waals surface area contributed by atoms with Crippen LogP contribution in [0.1, 0.15) is 11.1 Å². The third-order valence-corrected chi connectivity index (χ3v) is 5.88. The van der Waals surface area contributed by atoms with E-state index in [1.54, 1.807) is 0 Å². The summed E-state index contributed by atoms with van der Waals surface area (Å²) in [5.41, 5.74) is 1.89. The van der Waals surface area contributed by atoms with Crippen LogP contribution in [0.5, 0.6) is 0 Å². The molecule has 0 aromatic heterocycles. The van der Waals surface area contributed by atoms with Gasteiger partial charge in [0.1, 0.15) is 24.4 Å². The Hall–Kier alpha value is -1.85. The van der Waals surface area contributed by atoms with Crippen molar-refractivity contribution in [2.45, 2.75) is 43.9 Å². The van der Waals surface area contributed by atoms with Crippen LogP contribution < -0.4 is 0 Å². The minimum Gasteiger partial charge on any atom is -0.368 e. The third-order valence-electron chi connectivity index (χ3n) is 5.00. The monoisotopic (exact) mass is 436 g/mol. The zero-order valence-corrected chi connectivity index (χ0v) is 17.3. The van der Waals surface area contributed by atoms with Crippen molar-refractivity contribution in [3.8, 4) is 0 Å². The first-order valence-electron chi connectivity index (χ1n) is 9.63. The second-order valence-electron chi connectivity index (χ2n) is 7.05. The highest BCUT2D eigenvalue weighted by Gasteiger charge is 2.53. The van der Waals surface area contributed by atoms with E-state index in [0.717, 1.165) is 11.1 Å². The summed E-state index contributed by atoms with van der Waals surface area (Å²) < 4.78 is 57.5. The molecule has 2 aliphatic rings. The van der Waals surface area contributed by atoms with Crippen LogP contribution in [0.2, 0.25) is 0 Å². The highest BCUT2D eigenvalue weighted by Crippen LogP contribution is 2.33. The van der Waals surface area contributed by atoms with Crippen molar-refractivity contribution in [2.24, 2.45) is 0 Å². The Bertz CT molecular complexity index is 905. The number of ether oxygens (including phenoxy) is 4. The van der Waals surface area contributed by atoms with Gasteiger partial charge in [-0.2, -0.15) is 8.42 Å². The molecular weight excluding hydrogens is 412 g/mol. The Balaban J connectivity index is 1.57. The molecule has 9 heteroatoms. The molecule has 2 heterocycles. The van der Waals surface area contributed by atoms with E-state index >= 15 is 0 Å². The van der Waals surface area contributed by atoms with Crippen molar-refractivity contribution in [3.05, 3.63) is 71.8 Å². The summed E-state index contributed by atoms with van der Waals surface area (Å²) in [7, 11) is -2.64. The molecule has 5 atom stereocenters. The first-order valence-corrected chi connectivity index (χ1v) is 11.0. The fourth-order valence-electron chi connectivity index (χ4n) is 3.53. The molecule has 0 saturated carbocycles.